The number of amidine groups is 1. The number of aryl methyl sites for hydroxylation is 3. The Morgan fingerprint density at radius 2 is 1.54 bits per heavy atom. The van der Waals surface area contributed by atoms with E-state index in [1.165, 1.54) is 34.0 Å². The van der Waals surface area contributed by atoms with Crippen LogP contribution in [0, 0.1) is 20.8 Å². The van der Waals surface area contributed by atoms with Crippen LogP contribution in [0.5, 0.6) is 11.5 Å². The first-order valence-corrected chi connectivity index (χ1v) is 14.4. The van der Waals surface area contributed by atoms with Crippen LogP contribution in [-0.2, 0) is 11.4 Å². The van der Waals surface area contributed by atoms with E-state index in [1.54, 1.807) is 12.0 Å². The Hall–Kier alpha value is -4.29. The fourth-order valence-electron chi connectivity index (χ4n) is 5.03. The van der Waals surface area contributed by atoms with E-state index in [-0.39, 0.29) is 11.9 Å². The molecule has 1 aliphatic heterocycles. The maximum atomic E-state index is 13.8. The van der Waals surface area contributed by atoms with Crippen LogP contribution in [0.1, 0.15) is 46.3 Å². The number of thioether (sulfide) groups is 1. The lowest BCUT2D eigenvalue weighted by Crippen LogP contribution is -2.32. The predicted octanol–water partition coefficient (Wildman–Crippen LogP) is 8.56. The monoisotopic (exact) mass is 562 g/mol. The van der Waals surface area contributed by atoms with E-state index in [0.29, 0.717) is 28.2 Å². The van der Waals surface area contributed by atoms with Gasteiger partial charge in [0.2, 0.25) is 0 Å². The van der Waals surface area contributed by atoms with Crippen LogP contribution in [-0.4, -0.2) is 23.1 Å². The quantitative estimate of drug-likeness (QED) is 0.202. The van der Waals surface area contributed by atoms with Crippen molar-refractivity contribution in [3.05, 3.63) is 129 Å². The molecule has 1 aliphatic rings. The third-order valence-corrected chi connectivity index (χ3v) is 8.17. The lowest BCUT2D eigenvalue weighted by Gasteiger charge is -2.24. The third kappa shape index (κ3) is 6.39. The molecule has 5 rings (SSSR count). The summed E-state index contributed by atoms with van der Waals surface area (Å²) in [5.74, 6) is 1.20. The van der Waals surface area contributed by atoms with Gasteiger partial charge < -0.3 is 9.47 Å². The Bertz CT molecular complexity index is 1590. The van der Waals surface area contributed by atoms with Crippen molar-refractivity contribution in [1.29, 1.82) is 0 Å². The molecule has 0 unspecified atom stereocenters. The van der Waals surface area contributed by atoms with Gasteiger partial charge in [-0.2, -0.15) is 0 Å². The fourth-order valence-corrected chi connectivity index (χ4v) is 6.10. The number of para-hydroxylation sites is 1. The van der Waals surface area contributed by atoms with Gasteiger partial charge in [-0.05, 0) is 97.6 Å². The fraction of sp³-hybridized carbons (Fsp3) is 0.200. The summed E-state index contributed by atoms with van der Waals surface area (Å²) in [6.45, 7) is 8.81. The van der Waals surface area contributed by atoms with Crippen LogP contribution in [0.15, 0.2) is 101 Å². The molecular formula is C35H34N2O3S. The Labute approximate surface area is 246 Å². The van der Waals surface area contributed by atoms with E-state index in [4.69, 9.17) is 14.5 Å². The van der Waals surface area contributed by atoms with E-state index in [9.17, 15) is 4.79 Å². The van der Waals surface area contributed by atoms with Gasteiger partial charge in [-0.1, -0.05) is 72.3 Å². The van der Waals surface area contributed by atoms with Gasteiger partial charge >= 0.3 is 0 Å². The second-order valence-corrected chi connectivity index (χ2v) is 11.2. The van der Waals surface area contributed by atoms with Crippen LogP contribution in [0.25, 0.3) is 6.08 Å². The van der Waals surface area contributed by atoms with E-state index in [1.807, 2.05) is 91.9 Å². The first kappa shape index (κ1) is 28.2. The molecular weight excluding hydrogens is 528 g/mol. The van der Waals surface area contributed by atoms with Crippen molar-refractivity contribution >= 4 is 34.6 Å². The highest BCUT2D eigenvalue weighted by Gasteiger charge is 2.37. The molecule has 5 nitrogen and oxygen atoms in total. The molecule has 0 spiro atoms. The summed E-state index contributed by atoms with van der Waals surface area (Å²) >= 11 is 1.38. The molecule has 1 saturated heterocycles. The Kier molecular flexibility index (Phi) is 8.60. The second-order valence-electron chi connectivity index (χ2n) is 10.2. The Morgan fingerprint density at radius 1 is 0.878 bits per heavy atom. The molecule has 0 aliphatic carbocycles. The van der Waals surface area contributed by atoms with Gasteiger partial charge in [-0.3, -0.25) is 9.69 Å². The summed E-state index contributed by atoms with van der Waals surface area (Å²) in [7, 11) is 1.63. The van der Waals surface area contributed by atoms with Crippen LogP contribution < -0.4 is 9.47 Å². The minimum atomic E-state index is -0.177. The number of hydrogen-bond acceptors (Lipinski definition) is 5. The molecule has 1 fully saturated rings. The SMILES string of the molecule is COc1cc(/C=C2/SC(=Nc3ccccc3)N([C@H](C)c3ccccc3)C2=O)ccc1OCc1c(C)cc(C)cc1C. The summed E-state index contributed by atoms with van der Waals surface area (Å²) in [5.41, 5.74) is 7.54. The predicted molar refractivity (Wildman–Crippen MR) is 169 cm³/mol. The molecule has 0 N–H and O–H groups in total. The topological polar surface area (TPSA) is 51.1 Å². The van der Waals surface area contributed by atoms with Crippen molar-refractivity contribution in [2.24, 2.45) is 4.99 Å². The minimum Gasteiger partial charge on any atom is -0.493 e. The van der Waals surface area contributed by atoms with E-state index in [2.05, 4.69) is 32.9 Å². The standard InChI is InChI=1S/C35H34N2O3S/c1-23-18-24(2)30(25(3)19-23)22-40-31-17-16-27(20-32(31)39-5)21-33-34(38)37(26(4)28-12-8-6-9-13-28)35(41-33)36-29-14-10-7-11-15-29/h6-21,26H,22H2,1-5H3/b33-21+,36-35?/t26-/m1/s1. The summed E-state index contributed by atoms with van der Waals surface area (Å²) in [6, 6.07) is 29.7. The summed E-state index contributed by atoms with van der Waals surface area (Å²) < 4.78 is 11.9. The van der Waals surface area contributed by atoms with Crippen molar-refractivity contribution in [3.8, 4) is 11.5 Å². The van der Waals surface area contributed by atoms with Gasteiger partial charge in [-0.15, -0.1) is 0 Å². The van der Waals surface area contributed by atoms with Crippen molar-refractivity contribution in [2.45, 2.75) is 40.3 Å². The highest BCUT2D eigenvalue weighted by Crippen LogP contribution is 2.40. The maximum absolute atomic E-state index is 13.8. The maximum Gasteiger partial charge on any atom is 0.267 e. The molecule has 4 aromatic rings. The second kappa shape index (κ2) is 12.5. The minimum absolute atomic E-state index is 0.0781. The number of aliphatic imine (C=N–C) groups is 1. The molecule has 0 aromatic heterocycles. The van der Waals surface area contributed by atoms with Crippen LogP contribution in [0.2, 0.25) is 0 Å². The average Bonchev–Trinajstić information content (AvgIpc) is 3.27. The smallest absolute Gasteiger partial charge is 0.267 e. The van der Waals surface area contributed by atoms with Gasteiger partial charge in [0.25, 0.3) is 5.91 Å². The van der Waals surface area contributed by atoms with Gasteiger partial charge in [-0.25, -0.2) is 4.99 Å². The largest absolute Gasteiger partial charge is 0.493 e. The Morgan fingerprint density at radius 3 is 2.20 bits per heavy atom. The molecule has 4 aromatic carbocycles. The van der Waals surface area contributed by atoms with E-state index in [0.717, 1.165) is 16.8 Å². The van der Waals surface area contributed by atoms with Crippen LogP contribution >= 0.6 is 11.8 Å². The van der Waals surface area contributed by atoms with Crippen molar-refractivity contribution in [3.63, 3.8) is 0 Å². The number of hydrogen-bond donors (Lipinski definition) is 0. The molecule has 41 heavy (non-hydrogen) atoms. The van der Waals surface area contributed by atoms with Crippen LogP contribution in [0.3, 0.4) is 0 Å². The number of nitrogens with zero attached hydrogens (tertiary/aromatic N) is 2. The number of methoxy groups -OCH3 is 1. The number of carbonyl (C=O) groups is 1. The molecule has 1 heterocycles. The lowest BCUT2D eigenvalue weighted by molar-refractivity contribution is -0.123. The molecule has 0 saturated carbocycles. The number of ether oxygens (including phenoxy) is 2. The van der Waals surface area contributed by atoms with Crippen molar-refractivity contribution in [1.82, 2.24) is 4.90 Å². The highest BCUT2D eigenvalue weighted by atomic mass is 32.2. The van der Waals surface area contributed by atoms with Crippen LogP contribution in [0.4, 0.5) is 5.69 Å². The Balaban J connectivity index is 1.43. The zero-order valence-electron chi connectivity index (χ0n) is 24.0. The van der Waals surface area contributed by atoms with E-state index >= 15 is 0 Å². The summed E-state index contributed by atoms with van der Waals surface area (Å²) in [5, 5.41) is 0.652. The molecule has 1 atom stereocenters. The highest BCUT2D eigenvalue weighted by molar-refractivity contribution is 8.18. The van der Waals surface area contributed by atoms with Gasteiger partial charge in [0.15, 0.2) is 16.7 Å². The normalized spacial score (nSPS) is 15.9. The first-order valence-electron chi connectivity index (χ1n) is 13.6. The molecule has 0 radical (unpaired) electrons. The summed E-state index contributed by atoms with van der Waals surface area (Å²) in [6.07, 6.45) is 1.89. The van der Waals surface area contributed by atoms with Crippen molar-refractivity contribution < 1.29 is 14.3 Å². The molecule has 1 amide bonds. The lowest BCUT2D eigenvalue weighted by atomic mass is 10.0. The number of benzene rings is 4. The average molecular weight is 563 g/mol. The molecule has 0 bridgehead atoms. The number of amides is 1. The van der Waals surface area contributed by atoms with Gasteiger partial charge in [0.1, 0.15) is 6.61 Å². The van der Waals surface area contributed by atoms with Gasteiger partial charge in [0, 0.05) is 0 Å². The van der Waals surface area contributed by atoms with Crippen molar-refractivity contribution in [2.75, 3.05) is 7.11 Å². The number of carbonyl (C=O) groups excluding carboxylic acids is 1. The summed E-state index contributed by atoms with van der Waals surface area (Å²) in [4.78, 5) is 21.0. The third-order valence-electron chi connectivity index (χ3n) is 7.18. The molecule has 208 valence electrons. The zero-order valence-corrected chi connectivity index (χ0v) is 24.9. The molecule has 6 heteroatoms. The number of rotatable bonds is 8. The van der Waals surface area contributed by atoms with Gasteiger partial charge in [0.05, 0.1) is 23.7 Å². The first-order chi connectivity index (χ1) is 19.8. The zero-order chi connectivity index (χ0) is 28.9. The van der Waals surface area contributed by atoms with E-state index < -0.39 is 0 Å².